The van der Waals surface area contributed by atoms with E-state index >= 15 is 0 Å². The summed E-state index contributed by atoms with van der Waals surface area (Å²) in [5.74, 6) is 2.34. The minimum atomic E-state index is 0.634. The fourth-order valence-electron chi connectivity index (χ4n) is 1.98. The predicted octanol–water partition coefficient (Wildman–Crippen LogP) is 3.25. The Hall–Kier alpha value is -2.61. The number of nitrogens with zero attached hydrogens (tertiary/aromatic N) is 4. The molecule has 5 heteroatoms. The van der Waals surface area contributed by atoms with Crippen molar-refractivity contribution in [1.29, 1.82) is 5.26 Å². The maximum Gasteiger partial charge on any atom is 0.138 e. The van der Waals surface area contributed by atoms with Gasteiger partial charge in [0.05, 0.1) is 11.6 Å². The third-order valence-electron chi connectivity index (χ3n) is 3.09. The Morgan fingerprint density at radius 3 is 2.81 bits per heavy atom. The van der Waals surface area contributed by atoms with Crippen molar-refractivity contribution in [3.8, 4) is 6.07 Å². The van der Waals surface area contributed by atoms with E-state index in [1.165, 1.54) is 0 Å². The van der Waals surface area contributed by atoms with Crippen LogP contribution in [0.2, 0.25) is 0 Å². The second-order valence-corrected chi connectivity index (χ2v) is 4.81. The van der Waals surface area contributed by atoms with Crippen molar-refractivity contribution in [2.24, 2.45) is 0 Å². The molecular weight excluding hydrogens is 262 g/mol. The number of benzene rings is 1. The van der Waals surface area contributed by atoms with Crippen LogP contribution in [0.25, 0.3) is 0 Å². The van der Waals surface area contributed by atoms with Gasteiger partial charge < -0.3 is 10.2 Å². The van der Waals surface area contributed by atoms with Gasteiger partial charge in [-0.05, 0) is 31.5 Å². The summed E-state index contributed by atoms with van der Waals surface area (Å²) in [5, 5.41) is 12.3. The topological polar surface area (TPSA) is 64.8 Å². The molecule has 1 heterocycles. The first-order valence-corrected chi connectivity index (χ1v) is 6.97. The number of nitrogens with one attached hydrogen (secondary N) is 1. The number of rotatable bonds is 5. The van der Waals surface area contributed by atoms with Crippen LogP contribution in [0, 0.1) is 18.3 Å². The highest BCUT2D eigenvalue weighted by Gasteiger charge is 2.09. The van der Waals surface area contributed by atoms with Crippen LogP contribution in [-0.2, 0) is 0 Å². The number of nitriles is 1. The van der Waals surface area contributed by atoms with Gasteiger partial charge in [0.25, 0.3) is 0 Å². The van der Waals surface area contributed by atoms with Crippen LogP contribution in [0.1, 0.15) is 24.7 Å². The van der Waals surface area contributed by atoms with Gasteiger partial charge in [-0.1, -0.05) is 13.0 Å². The Kier molecular flexibility index (Phi) is 4.72. The fraction of sp³-hybridized carbons (Fsp3) is 0.312. The van der Waals surface area contributed by atoms with Crippen molar-refractivity contribution < 1.29 is 0 Å². The van der Waals surface area contributed by atoms with Crippen molar-refractivity contribution in [1.82, 2.24) is 9.97 Å². The Labute approximate surface area is 125 Å². The quantitative estimate of drug-likeness (QED) is 0.911. The Bertz CT molecular complexity index is 660. The lowest BCUT2D eigenvalue weighted by Gasteiger charge is -2.19. The number of hydrogen-bond donors (Lipinski definition) is 1. The second kappa shape index (κ2) is 6.71. The molecule has 2 rings (SSSR count). The first-order valence-electron chi connectivity index (χ1n) is 6.97. The molecule has 108 valence electrons. The molecule has 5 nitrogen and oxygen atoms in total. The number of aromatic nitrogens is 2. The van der Waals surface area contributed by atoms with Gasteiger partial charge >= 0.3 is 0 Å². The summed E-state index contributed by atoms with van der Waals surface area (Å²) in [6.07, 6.45) is 1.04. The number of hydrogen-bond acceptors (Lipinski definition) is 5. The minimum absolute atomic E-state index is 0.634. The fourth-order valence-corrected chi connectivity index (χ4v) is 1.98. The molecule has 0 radical (unpaired) electrons. The van der Waals surface area contributed by atoms with Crippen molar-refractivity contribution in [2.75, 3.05) is 23.8 Å². The van der Waals surface area contributed by atoms with Crippen LogP contribution in [-0.4, -0.2) is 23.6 Å². The largest absolute Gasteiger partial charge is 0.370 e. The van der Waals surface area contributed by atoms with Gasteiger partial charge in [-0.15, -0.1) is 0 Å². The standard InChI is InChI=1S/C16H19N5/c1-4-8-18-15-10-16(20-12(2)19-15)21(3)14-7-5-6-13(9-14)11-17/h5-7,9-10H,4,8H2,1-3H3,(H,18,19,20). The molecule has 0 amide bonds. The van der Waals surface area contributed by atoms with E-state index in [9.17, 15) is 0 Å². The highest BCUT2D eigenvalue weighted by Crippen LogP contribution is 2.24. The summed E-state index contributed by atoms with van der Waals surface area (Å²) < 4.78 is 0. The van der Waals surface area contributed by atoms with E-state index < -0.39 is 0 Å². The first kappa shape index (κ1) is 14.8. The normalized spacial score (nSPS) is 10.0. The maximum absolute atomic E-state index is 9.00. The molecule has 1 N–H and O–H groups in total. The summed E-state index contributed by atoms with van der Waals surface area (Å²) in [6.45, 7) is 4.87. The van der Waals surface area contributed by atoms with E-state index in [4.69, 9.17) is 5.26 Å². The van der Waals surface area contributed by atoms with E-state index in [1.54, 1.807) is 6.07 Å². The van der Waals surface area contributed by atoms with Crippen LogP contribution in [0.3, 0.4) is 0 Å². The third-order valence-corrected chi connectivity index (χ3v) is 3.09. The number of aryl methyl sites for hydroxylation is 1. The van der Waals surface area contributed by atoms with Crippen molar-refractivity contribution in [3.63, 3.8) is 0 Å². The van der Waals surface area contributed by atoms with Crippen molar-refractivity contribution in [2.45, 2.75) is 20.3 Å². The van der Waals surface area contributed by atoms with Gasteiger partial charge in [0.1, 0.15) is 17.5 Å². The van der Waals surface area contributed by atoms with E-state index in [0.717, 1.165) is 36.1 Å². The average molecular weight is 281 g/mol. The predicted molar refractivity (Wildman–Crippen MR) is 84.8 cm³/mol. The summed E-state index contributed by atoms with van der Waals surface area (Å²) in [5.41, 5.74) is 1.56. The SMILES string of the molecule is CCCNc1cc(N(C)c2cccc(C#N)c2)nc(C)n1. The molecule has 1 aromatic carbocycles. The van der Waals surface area contributed by atoms with Crippen LogP contribution in [0.5, 0.6) is 0 Å². The highest BCUT2D eigenvalue weighted by molar-refractivity contribution is 5.63. The molecule has 1 aromatic heterocycles. The second-order valence-electron chi connectivity index (χ2n) is 4.81. The highest BCUT2D eigenvalue weighted by atomic mass is 15.2. The van der Waals surface area contributed by atoms with Gasteiger partial charge in [-0.25, -0.2) is 9.97 Å². The molecule has 0 bridgehead atoms. The molecule has 0 aliphatic heterocycles. The summed E-state index contributed by atoms with van der Waals surface area (Å²) in [7, 11) is 1.93. The lowest BCUT2D eigenvalue weighted by molar-refractivity contribution is 0.948. The molecule has 0 fully saturated rings. The third kappa shape index (κ3) is 3.69. The Balaban J connectivity index is 2.31. The minimum Gasteiger partial charge on any atom is -0.370 e. The smallest absolute Gasteiger partial charge is 0.138 e. The zero-order valence-electron chi connectivity index (χ0n) is 12.6. The molecule has 0 aliphatic carbocycles. The lowest BCUT2D eigenvalue weighted by Crippen LogP contribution is -2.13. The van der Waals surface area contributed by atoms with E-state index in [-0.39, 0.29) is 0 Å². The molecule has 0 saturated heterocycles. The van der Waals surface area contributed by atoms with Gasteiger partial charge in [-0.2, -0.15) is 5.26 Å². The van der Waals surface area contributed by atoms with Gasteiger partial charge in [0, 0.05) is 25.3 Å². The van der Waals surface area contributed by atoms with Crippen LogP contribution in [0.4, 0.5) is 17.3 Å². The average Bonchev–Trinajstić information content (AvgIpc) is 2.51. The van der Waals surface area contributed by atoms with Crippen LogP contribution >= 0.6 is 0 Å². The van der Waals surface area contributed by atoms with E-state index in [1.807, 2.05) is 43.1 Å². The molecule has 2 aromatic rings. The molecule has 0 spiro atoms. The molecule has 0 unspecified atom stereocenters. The monoisotopic (exact) mass is 281 g/mol. The Morgan fingerprint density at radius 2 is 2.10 bits per heavy atom. The van der Waals surface area contributed by atoms with Crippen LogP contribution in [0.15, 0.2) is 30.3 Å². The Morgan fingerprint density at radius 1 is 1.29 bits per heavy atom. The van der Waals surface area contributed by atoms with Crippen molar-refractivity contribution >= 4 is 17.3 Å². The molecule has 0 atom stereocenters. The van der Waals surface area contributed by atoms with E-state index in [0.29, 0.717) is 5.56 Å². The van der Waals surface area contributed by atoms with Crippen LogP contribution < -0.4 is 10.2 Å². The lowest BCUT2D eigenvalue weighted by atomic mass is 10.2. The molecular formula is C16H19N5. The van der Waals surface area contributed by atoms with Crippen molar-refractivity contribution in [3.05, 3.63) is 41.7 Å². The summed E-state index contributed by atoms with van der Waals surface area (Å²) in [4.78, 5) is 10.8. The summed E-state index contributed by atoms with van der Waals surface area (Å²) >= 11 is 0. The van der Waals surface area contributed by atoms with E-state index in [2.05, 4.69) is 28.3 Å². The molecule has 0 saturated carbocycles. The van der Waals surface area contributed by atoms with Gasteiger partial charge in [-0.3, -0.25) is 0 Å². The first-order chi connectivity index (χ1) is 10.1. The zero-order valence-corrected chi connectivity index (χ0v) is 12.6. The number of anilines is 3. The zero-order chi connectivity index (χ0) is 15.2. The van der Waals surface area contributed by atoms with Gasteiger partial charge in [0.2, 0.25) is 0 Å². The summed E-state index contributed by atoms with van der Waals surface area (Å²) in [6, 6.07) is 11.5. The molecule has 0 aliphatic rings. The maximum atomic E-state index is 9.00. The molecule has 21 heavy (non-hydrogen) atoms. The van der Waals surface area contributed by atoms with Gasteiger partial charge in [0.15, 0.2) is 0 Å².